The summed E-state index contributed by atoms with van der Waals surface area (Å²) in [6.07, 6.45) is 5.56. The van der Waals surface area contributed by atoms with Gasteiger partial charge in [0, 0.05) is 5.69 Å². The van der Waals surface area contributed by atoms with E-state index in [-0.39, 0.29) is 0 Å². The molecule has 0 atom stereocenters. The Balaban J connectivity index is 2.30. The maximum atomic E-state index is 5.58. The van der Waals surface area contributed by atoms with Crippen LogP contribution in [0.2, 0.25) is 0 Å². The number of benzene rings is 1. The van der Waals surface area contributed by atoms with Gasteiger partial charge in [0.1, 0.15) is 0 Å². The van der Waals surface area contributed by atoms with Gasteiger partial charge in [-0.1, -0.05) is 25.5 Å². The highest BCUT2D eigenvalue weighted by atomic mass is 14.7. The topological polar surface area (TPSA) is 38.4 Å². The largest absolute Gasteiger partial charge is 0.399 e. The number of hydrogen-bond donors (Lipinski definition) is 1. The van der Waals surface area contributed by atoms with Gasteiger partial charge in [-0.15, -0.1) is 0 Å². The van der Waals surface area contributed by atoms with Crippen molar-refractivity contribution in [2.45, 2.75) is 32.7 Å². The second kappa shape index (κ2) is 6.19. The van der Waals surface area contributed by atoms with Crippen LogP contribution < -0.4 is 5.73 Å². The van der Waals surface area contributed by atoms with Gasteiger partial charge in [-0.2, -0.15) is 0 Å². The molecular weight excluding hydrogens is 172 g/mol. The summed E-state index contributed by atoms with van der Waals surface area (Å²) in [6, 6.07) is 7.87. The lowest BCUT2D eigenvalue weighted by atomic mass is 10.2. The first-order valence-electron chi connectivity index (χ1n) is 5.15. The highest BCUT2D eigenvalue weighted by molar-refractivity contribution is 5.57. The van der Waals surface area contributed by atoms with E-state index in [2.05, 4.69) is 11.9 Å². The van der Waals surface area contributed by atoms with E-state index in [1.807, 2.05) is 30.5 Å². The van der Waals surface area contributed by atoms with Crippen LogP contribution in [0, 0.1) is 0 Å². The van der Waals surface area contributed by atoms with Crippen molar-refractivity contribution in [2.75, 3.05) is 5.73 Å². The van der Waals surface area contributed by atoms with Crippen LogP contribution in [-0.2, 0) is 6.54 Å². The van der Waals surface area contributed by atoms with E-state index < -0.39 is 0 Å². The van der Waals surface area contributed by atoms with Crippen LogP contribution in [0.1, 0.15) is 31.7 Å². The average molecular weight is 190 g/mol. The van der Waals surface area contributed by atoms with Crippen LogP contribution in [0.15, 0.2) is 29.3 Å². The number of aliphatic imine (C=N–C) groups is 1. The van der Waals surface area contributed by atoms with Gasteiger partial charge < -0.3 is 5.73 Å². The van der Waals surface area contributed by atoms with Gasteiger partial charge in [-0.3, -0.25) is 4.99 Å². The minimum absolute atomic E-state index is 0.768. The molecule has 0 aliphatic rings. The molecular formula is C12H18N2. The number of anilines is 1. The van der Waals surface area contributed by atoms with Gasteiger partial charge >= 0.3 is 0 Å². The standard InChI is InChI=1S/C12H18N2/c1-2-3-4-9-14-10-11-5-7-12(13)8-6-11/h5-9H,2-4,10,13H2,1H3. The van der Waals surface area contributed by atoms with Gasteiger partial charge in [0.05, 0.1) is 6.54 Å². The van der Waals surface area contributed by atoms with Crippen molar-refractivity contribution in [1.29, 1.82) is 0 Å². The Hall–Kier alpha value is -1.31. The smallest absolute Gasteiger partial charge is 0.0635 e. The van der Waals surface area contributed by atoms with E-state index >= 15 is 0 Å². The molecule has 0 aromatic heterocycles. The quantitative estimate of drug-likeness (QED) is 0.432. The minimum Gasteiger partial charge on any atom is -0.399 e. The van der Waals surface area contributed by atoms with Crippen LogP contribution in [-0.4, -0.2) is 6.21 Å². The Bertz CT molecular complexity index is 275. The molecule has 0 aliphatic carbocycles. The highest BCUT2D eigenvalue weighted by Crippen LogP contribution is 2.06. The van der Waals surface area contributed by atoms with E-state index in [4.69, 9.17) is 5.73 Å². The predicted molar refractivity (Wildman–Crippen MR) is 62.6 cm³/mol. The lowest BCUT2D eigenvalue weighted by Crippen LogP contribution is -1.86. The van der Waals surface area contributed by atoms with E-state index in [0.717, 1.165) is 18.7 Å². The van der Waals surface area contributed by atoms with Gasteiger partial charge in [0.25, 0.3) is 0 Å². The zero-order chi connectivity index (χ0) is 10.2. The Labute approximate surface area is 85.9 Å². The molecule has 0 amide bonds. The Morgan fingerprint density at radius 1 is 1.29 bits per heavy atom. The molecule has 2 N–H and O–H groups in total. The van der Waals surface area contributed by atoms with E-state index in [0.29, 0.717) is 0 Å². The zero-order valence-corrected chi connectivity index (χ0v) is 8.74. The number of nitrogen functional groups attached to an aromatic ring is 1. The number of hydrogen-bond acceptors (Lipinski definition) is 2. The Morgan fingerprint density at radius 3 is 2.64 bits per heavy atom. The van der Waals surface area contributed by atoms with Gasteiger partial charge in [0.15, 0.2) is 0 Å². The first-order valence-corrected chi connectivity index (χ1v) is 5.15. The maximum absolute atomic E-state index is 5.58. The summed E-state index contributed by atoms with van der Waals surface area (Å²) >= 11 is 0. The summed E-state index contributed by atoms with van der Waals surface area (Å²) in [6.45, 7) is 2.96. The third-order valence-electron chi connectivity index (χ3n) is 2.07. The van der Waals surface area contributed by atoms with Crippen LogP contribution in [0.4, 0.5) is 5.69 Å². The zero-order valence-electron chi connectivity index (χ0n) is 8.74. The number of rotatable bonds is 5. The van der Waals surface area contributed by atoms with Crippen molar-refractivity contribution < 1.29 is 0 Å². The molecule has 0 fully saturated rings. The molecule has 2 heteroatoms. The summed E-state index contributed by atoms with van der Waals surface area (Å²) in [5, 5.41) is 0. The molecule has 2 nitrogen and oxygen atoms in total. The summed E-state index contributed by atoms with van der Waals surface area (Å²) in [7, 11) is 0. The number of unbranched alkanes of at least 4 members (excludes halogenated alkanes) is 2. The monoisotopic (exact) mass is 190 g/mol. The lowest BCUT2D eigenvalue weighted by Gasteiger charge is -1.96. The predicted octanol–water partition coefficient (Wildman–Crippen LogP) is 3.03. The fraction of sp³-hybridized carbons (Fsp3) is 0.417. The molecule has 76 valence electrons. The van der Waals surface area contributed by atoms with Crippen LogP contribution in [0.3, 0.4) is 0 Å². The average Bonchev–Trinajstić information content (AvgIpc) is 2.21. The molecule has 0 radical (unpaired) electrons. The highest BCUT2D eigenvalue weighted by Gasteiger charge is 1.89. The molecule has 1 rings (SSSR count). The van der Waals surface area contributed by atoms with Gasteiger partial charge in [-0.25, -0.2) is 0 Å². The Kier molecular flexibility index (Phi) is 4.76. The first-order chi connectivity index (χ1) is 6.83. The number of nitrogens with zero attached hydrogens (tertiary/aromatic N) is 1. The van der Waals surface area contributed by atoms with E-state index in [1.165, 1.54) is 18.4 Å². The first kappa shape index (κ1) is 10.8. The summed E-state index contributed by atoms with van der Waals surface area (Å²) in [4.78, 5) is 4.34. The molecule has 0 spiro atoms. The van der Waals surface area contributed by atoms with Crippen molar-refractivity contribution in [3.05, 3.63) is 29.8 Å². The Morgan fingerprint density at radius 2 is 2.00 bits per heavy atom. The second-order valence-electron chi connectivity index (χ2n) is 3.41. The molecule has 0 unspecified atom stereocenters. The molecule has 1 aromatic rings. The molecule has 0 aliphatic heterocycles. The van der Waals surface area contributed by atoms with Gasteiger partial charge in [-0.05, 0) is 36.8 Å². The van der Waals surface area contributed by atoms with Crippen molar-refractivity contribution in [3.63, 3.8) is 0 Å². The van der Waals surface area contributed by atoms with Crippen molar-refractivity contribution >= 4 is 11.9 Å². The molecule has 0 saturated carbocycles. The third-order valence-corrected chi connectivity index (χ3v) is 2.07. The van der Waals surface area contributed by atoms with Crippen LogP contribution in [0.5, 0.6) is 0 Å². The third kappa shape index (κ3) is 4.08. The minimum atomic E-state index is 0.768. The summed E-state index contributed by atoms with van der Waals surface area (Å²) in [5.41, 5.74) is 7.61. The molecule has 0 saturated heterocycles. The molecule has 0 heterocycles. The SMILES string of the molecule is CCCCC=NCc1ccc(N)cc1. The molecule has 14 heavy (non-hydrogen) atoms. The normalized spacial score (nSPS) is 10.9. The fourth-order valence-electron chi connectivity index (χ4n) is 1.18. The van der Waals surface area contributed by atoms with E-state index in [9.17, 15) is 0 Å². The molecule has 1 aromatic carbocycles. The van der Waals surface area contributed by atoms with Gasteiger partial charge in [0.2, 0.25) is 0 Å². The molecule has 0 bridgehead atoms. The maximum Gasteiger partial charge on any atom is 0.0635 e. The lowest BCUT2D eigenvalue weighted by molar-refractivity contribution is 0.839. The summed E-state index contributed by atoms with van der Waals surface area (Å²) < 4.78 is 0. The van der Waals surface area contributed by atoms with Crippen molar-refractivity contribution in [1.82, 2.24) is 0 Å². The fourth-order valence-corrected chi connectivity index (χ4v) is 1.18. The van der Waals surface area contributed by atoms with Crippen LogP contribution >= 0.6 is 0 Å². The number of nitrogens with two attached hydrogens (primary N) is 1. The van der Waals surface area contributed by atoms with Crippen molar-refractivity contribution in [2.24, 2.45) is 4.99 Å². The van der Waals surface area contributed by atoms with Crippen molar-refractivity contribution in [3.8, 4) is 0 Å². The van der Waals surface area contributed by atoms with Crippen LogP contribution in [0.25, 0.3) is 0 Å². The summed E-state index contributed by atoms with van der Waals surface area (Å²) in [5.74, 6) is 0. The second-order valence-corrected chi connectivity index (χ2v) is 3.41. The van der Waals surface area contributed by atoms with E-state index in [1.54, 1.807) is 0 Å².